The molecule has 0 saturated carbocycles. The van der Waals surface area contributed by atoms with Crippen molar-refractivity contribution in [1.82, 2.24) is 5.16 Å². The predicted octanol–water partition coefficient (Wildman–Crippen LogP) is 4.06. The SMILES string of the molecule is COc1ccc(NC(=O)c2c(-c3ccc(F)cc3)noc2C)cc1OC. The number of carbonyl (C=O) groups excluding carboxylic acids is 1. The number of rotatable bonds is 5. The first-order valence-electron chi connectivity index (χ1n) is 7.79. The van der Waals surface area contributed by atoms with Crippen molar-refractivity contribution in [2.75, 3.05) is 19.5 Å². The molecule has 1 heterocycles. The van der Waals surface area contributed by atoms with Gasteiger partial charge in [0.2, 0.25) is 0 Å². The molecular formula is C19H17FN2O4. The van der Waals surface area contributed by atoms with Crippen LogP contribution >= 0.6 is 0 Å². The highest BCUT2D eigenvalue weighted by Gasteiger charge is 2.22. The van der Waals surface area contributed by atoms with Crippen molar-refractivity contribution < 1.29 is 23.2 Å². The van der Waals surface area contributed by atoms with Gasteiger partial charge in [-0.2, -0.15) is 0 Å². The van der Waals surface area contributed by atoms with E-state index in [4.69, 9.17) is 14.0 Å². The van der Waals surface area contributed by atoms with Crippen LogP contribution in [0.5, 0.6) is 11.5 Å². The maximum Gasteiger partial charge on any atom is 0.261 e. The summed E-state index contributed by atoms with van der Waals surface area (Å²) in [6.07, 6.45) is 0. The molecule has 1 aromatic heterocycles. The van der Waals surface area contributed by atoms with Crippen LogP contribution in [0.25, 0.3) is 11.3 Å². The topological polar surface area (TPSA) is 73.6 Å². The van der Waals surface area contributed by atoms with E-state index in [-0.39, 0.29) is 11.4 Å². The van der Waals surface area contributed by atoms with Crippen LogP contribution in [0.15, 0.2) is 47.0 Å². The summed E-state index contributed by atoms with van der Waals surface area (Å²) >= 11 is 0. The molecule has 26 heavy (non-hydrogen) atoms. The van der Waals surface area contributed by atoms with Gasteiger partial charge in [-0.05, 0) is 43.3 Å². The Morgan fingerprint density at radius 3 is 2.42 bits per heavy atom. The van der Waals surface area contributed by atoms with Gasteiger partial charge in [-0.3, -0.25) is 4.79 Å². The lowest BCUT2D eigenvalue weighted by molar-refractivity contribution is 0.102. The number of ether oxygens (including phenoxy) is 2. The average Bonchev–Trinajstić information content (AvgIpc) is 3.03. The number of nitrogens with one attached hydrogen (secondary N) is 1. The molecule has 6 nitrogen and oxygen atoms in total. The molecule has 0 aliphatic heterocycles. The third-order valence-electron chi connectivity index (χ3n) is 3.85. The van der Waals surface area contributed by atoms with E-state index < -0.39 is 5.91 Å². The Kier molecular flexibility index (Phi) is 4.88. The number of nitrogens with zero attached hydrogens (tertiary/aromatic N) is 1. The number of anilines is 1. The molecular weight excluding hydrogens is 339 g/mol. The number of hydrogen-bond donors (Lipinski definition) is 1. The van der Waals surface area contributed by atoms with Crippen molar-refractivity contribution in [2.45, 2.75) is 6.92 Å². The van der Waals surface area contributed by atoms with E-state index in [2.05, 4.69) is 10.5 Å². The molecule has 0 aliphatic rings. The predicted molar refractivity (Wildman–Crippen MR) is 94.1 cm³/mol. The van der Waals surface area contributed by atoms with Crippen LogP contribution in [0.3, 0.4) is 0 Å². The van der Waals surface area contributed by atoms with Gasteiger partial charge in [0.1, 0.15) is 22.8 Å². The summed E-state index contributed by atoms with van der Waals surface area (Å²) in [5.74, 6) is 0.646. The second-order valence-corrected chi connectivity index (χ2v) is 5.49. The lowest BCUT2D eigenvalue weighted by Gasteiger charge is -2.10. The van der Waals surface area contributed by atoms with Gasteiger partial charge in [0.15, 0.2) is 11.5 Å². The van der Waals surface area contributed by atoms with Crippen LogP contribution in [0.4, 0.5) is 10.1 Å². The number of aryl methyl sites for hydroxylation is 1. The number of carbonyl (C=O) groups is 1. The maximum atomic E-state index is 13.1. The first-order valence-corrected chi connectivity index (χ1v) is 7.79. The molecule has 0 unspecified atom stereocenters. The quantitative estimate of drug-likeness (QED) is 0.746. The highest BCUT2D eigenvalue weighted by Crippen LogP contribution is 2.31. The van der Waals surface area contributed by atoms with Gasteiger partial charge in [-0.25, -0.2) is 4.39 Å². The summed E-state index contributed by atoms with van der Waals surface area (Å²) in [7, 11) is 3.05. The Bertz CT molecular complexity index is 935. The van der Waals surface area contributed by atoms with Gasteiger partial charge in [-0.15, -0.1) is 0 Å². The monoisotopic (exact) mass is 356 g/mol. The molecule has 0 saturated heterocycles. The third-order valence-corrected chi connectivity index (χ3v) is 3.85. The molecule has 3 rings (SSSR count). The van der Waals surface area contributed by atoms with Crippen LogP contribution < -0.4 is 14.8 Å². The summed E-state index contributed by atoms with van der Waals surface area (Å²) in [5.41, 5.74) is 1.74. The number of halogens is 1. The number of amides is 1. The van der Waals surface area contributed by atoms with Crippen molar-refractivity contribution in [3.05, 3.63) is 59.6 Å². The van der Waals surface area contributed by atoms with Crippen molar-refractivity contribution in [3.8, 4) is 22.8 Å². The Morgan fingerprint density at radius 1 is 1.08 bits per heavy atom. The van der Waals surface area contributed by atoms with Gasteiger partial charge in [0.25, 0.3) is 5.91 Å². The van der Waals surface area contributed by atoms with Gasteiger partial charge in [0, 0.05) is 17.3 Å². The molecule has 134 valence electrons. The van der Waals surface area contributed by atoms with E-state index in [1.54, 1.807) is 37.3 Å². The zero-order valence-corrected chi connectivity index (χ0v) is 14.5. The molecule has 1 N–H and O–H groups in total. The van der Waals surface area contributed by atoms with E-state index in [1.165, 1.54) is 26.4 Å². The molecule has 3 aromatic rings. The lowest BCUT2D eigenvalue weighted by Crippen LogP contribution is -2.13. The van der Waals surface area contributed by atoms with Crippen LogP contribution in [-0.4, -0.2) is 25.3 Å². The van der Waals surface area contributed by atoms with Crippen LogP contribution in [0.2, 0.25) is 0 Å². The Hall–Kier alpha value is -3.35. The number of benzene rings is 2. The van der Waals surface area contributed by atoms with Gasteiger partial charge >= 0.3 is 0 Å². The molecule has 7 heteroatoms. The first-order chi connectivity index (χ1) is 12.5. The number of aromatic nitrogens is 1. The Balaban J connectivity index is 1.91. The molecule has 2 aromatic carbocycles. The van der Waals surface area contributed by atoms with Crippen LogP contribution in [0, 0.1) is 12.7 Å². The van der Waals surface area contributed by atoms with Gasteiger partial charge in [-0.1, -0.05) is 5.16 Å². The fourth-order valence-electron chi connectivity index (χ4n) is 2.55. The fraction of sp³-hybridized carbons (Fsp3) is 0.158. The largest absolute Gasteiger partial charge is 0.493 e. The molecule has 0 atom stereocenters. The van der Waals surface area contributed by atoms with E-state index in [0.717, 1.165) is 0 Å². The van der Waals surface area contributed by atoms with E-state index in [1.807, 2.05) is 0 Å². The molecule has 0 fully saturated rings. The maximum absolute atomic E-state index is 13.1. The minimum absolute atomic E-state index is 0.284. The lowest BCUT2D eigenvalue weighted by atomic mass is 10.1. The van der Waals surface area contributed by atoms with Crippen molar-refractivity contribution in [2.24, 2.45) is 0 Å². The van der Waals surface area contributed by atoms with Crippen LogP contribution in [-0.2, 0) is 0 Å². The third kappa shape index (κ3) is 3.37. The van der Waals surface area contributed by atoms with E-state index in [9.17, 15) is 9.18 Å². The molecule has 0 spiro atoms. The van der Waals surface area contributed by atoms with Crippen molar-refractivity contribution in [3.63, 3.8) is 0 Å². The smallest absolute Gasteiger partial charge is 0.261 e. The van der Waals surface area contributed by atoms with Crippen molar-refractivity contribution >= 4 is 11.6 Å². The second kappa shape index (κ2) is 7.26. The van der Waals surface area contributed by atoms with E-state index >= 15 is 0 Å². The number of hydrogen-bond acceptors (Lipinski definition) is 5. The average molecular weight is 356 g/mol. The fourth-order valence-corrected chi connectivity index (χ4v) is 2.55. The summed E-state index contributed by atoms with van der Waals surface area (Å²) in [6.45, 7) is 1.64. The summed E-state index contributed by atoms with van der Waals surface area (Å²) < 4.78 is 28.7. The van der Waals surface area contributed by atoms with Gasteiger partial charge < -0.3 is 19.3 Å². The Morgan fingerprint density at radius 2 is 1.77 bits per heavy atom. The zero-order valence-electron chi connectivity index (χ0n) is 14.5. The van der Waals surface area contributed by atoms with E-state index in [0.29, 0.717) is 34.2 Å². The van der Waals surface area contributed by atoms with Crippen LogP contribution in [0.1, 0.15) is 16.1 Å². The Labute approximate surface area is 149 Å². The highest BCUT2D eigenvalue weighted by atomic mass is 19.1. The number of methoxy groups -OCH3 is 2. The summed E-state index contributed by atoms with van der Waals surface area (Å²) in [5, 5.41) is 6.72. The van der Waals surface area contributed by atoms with Gasteiger partial charge in [0.05, 0.1) is 14.2 Å². The highest BCUT2D eigenvalue weighted by molar-refractivity contribution is 6.08. The molecule has 0 bridgehead atoms. The molecule has 0 radical (unpaired) electrons. The first kappa shape index (κ1) is 17.5. The minimum atomic E-state index is -0.393. The minimum Gasteiger partial charge on any atom is -0.493 e. The summed E-state index contributed by atoms with van der Waals surface area (Å²) in [4.78, 5) is 12.8. The van der Waals surface area contributed by atoms with Crippen molar-refractivity contribution in [1.29, 1.82) is 0 Å². The molecule has 1 amide bonds. The normalized spacial score (nSPS) is 10.5. The zero-order chi connectivity index (χ0) is 18.7. The standard InChI is InChI=1S/C19H17FN2O4/c1-11-17(18(22-26-11)12-4-6-13(20)7-5-12)19(23)21-14-8-9-15(24-2)16(10-14)25-3/h4-10H,1-3H3,(H,21,23). The molecule has 0 aliphatic carbocycles. The second-order valence-electron chi connectivity index (χ2n) is 5.49. The summed E-state index contributed by atoms with van der Waals surface area (Å²) in [6, 6.07) is 10.7.